The minimum Gasteiger partial charge on any atom is -0.357 e. The van der Waals surface area contributed by atoms with Gasteiger partial charge in [-0.3, -0.25) is 14.6 Å². The predicted molar refractivity (Wildman–Crippen MR) is 121 cm³/mol. The first-order valence-corrected chi connectivity index (χ1v) is 12.1. The van der Waals surface area contributed by atoms with Gasteiger partial charge in [0.15, 0.2) is 0 Å². The van der Waals surface area contributed by atoms with E-state index in [0.29, 0.717) is 29.6 Å². The number of hydrogen-bond donors (Lipinski definition) is 1. The monoisotopic (exact) mass is 442 g/mol. The summed E-state index contributed by atoms with van der Waals surface area (Å²) in [5.41, 5.74) is 0.0277. The molecule has 3 saturated carbocycles. The summed E-state index contributed by atoms with van der Waals surface area (Å²) in [6.07, 6.45) is 7.73. The number of piperazine rings is 1. The Bertz CT molecular complexity index is 881. The van der Waals surface area contributed by atoms with Crippen LogP contribution in [0.25, 0.3) is 0 Å². The quantitative estimate of drug-likeness (QED) is 0.520. The molecule has 7 heteroatoms. The van der Waals surface area contributed by atoms with Crippen LogP contribution in [0.4, 0.5) is 0 Å². The van der Waals surface area contributed by atoms with Gasteiger partial charge in [0.25, 0.3) is 5.91 Å². The SMILES string of the molecule is O=C(c1ccccc1Cl)N1CCN(C(=NC2(C(=O)NCCC3CC3)CC2)C2CC2)CC1. The molecule has 6 nitrogen and oxygen atoms in total. The van der Waals surface area contributed by atoms with Gasteiger partial charge in [-0.05, 0) is 50.2 Å². The van der Waals surface area contributed by atoms with Gasteiger partial charge in [-0.2, -0.15) is 0 Å². The standard InChI is InChI=1S/C24H31ClN4O2/c25-20-4-2-1-3-19(20)22(30)29-15-13-28(14-16-29)21(18-7-8-18)27-24(10-11-24)23(31)26-12-9-17-5-6-17/h1-4,17-18H,5-16H2,(H,26,31). The van der Waals surface area contributed by atoms with Crippen LogP contribution < -0.4 is 5.32 Å². The second-order valence-electron chi connectivity index (χ2n) is 9.52. The highest BCUT2D eigenvalue weighted by Gasteiger charge is 2.51. The van der Waals surface area contributed by atoms with E-state index < -0.39 is 5.54 Å². The molecule has 2 amide bonds. The van der Waals surface area contributed by atoms with Gasteiger partial charge < -0.3 is 15.1 Å². The molecule has 0 bridgehead atoms. The van der Waals surface area contributed by atoms with Crippen molar-refractivity contribution >= 4 is 29.3 Å². The summed E-state index contributed by atoms with van der Waals surface area (Å²) < 4.78 is 0. The number of benzene rings is 1. The van der Waals surface area contributed by atoms with E-state index in [1.807, 2.05) is 17.0 Å². The third kappa shape index (κ3) is 4.74. The molecule has 1 heterocycles. The molecule has 1 saturated heterocycles. The van der Waals surface area contributed by atoms with Crippen molar-refractivity contribution in [1.82, 2.24) is 15.1 Å². The predicted octanol–water partition coefficient (Wildman–Crippen LogP) is 3.36. The molecule has 5 rings (SSSR count). The van der Waals surface area contributed by atoms with Gasteiger partial charge in [0.2, 0.25) is 5.91 Å². The number of hydrogen-bond acceptors (Lipinski definition) is 3. The van der Waals surface area contributed by atoms with E-state index in [4.69, 9.17) is 16.6 Å². The maximum absolute atomic E-state index is 12.9. The summed E-state index contributed by atoms with van der Waals surface area (Å²) in [4.78, 5) is 34.9. The first kappa shape index (κ1) is 20.8. The smallest absolute Gasteiger partial charge is 0.255 e. The summed E-state index contributed by atoms with van der Waals surface area (Å²) in [7, 11) is 0. The minimum atomic E-state index is -0.536. The van der Waals surface area contributed by atoms with Crippen molar-refractivity contribution in [3.05, 3.63) is 34.9 Å². The van der Waals surface area contributed by atoms with Gasteiger partial charge in [-0.15, -0.1) is 0 Å². The molecule has 31 heavy (non-hydrogen) atoms. The maximum atomic E-state index is 12.9. The third-order valence-electron chi connectivity index (χ3n) is 6.95. The summed E-state index contributed by atoms with van der Waals surface area (Å²) in [6.45, 7) is 3.59. The average Bonchev–Trinajstić information content (AvgIpc) is 3.62. The van der Waals surface area contributed by atoms with Crippen molar-refractivity contribution < 1.29 is 9.59 Å². The fraction of sp³-hybridized carbons (Fsp3) is 0.625. The maximum Gasteiger partial charge on any atom is 0.255 e. The lowest BCUT2D eigenvalue weighted by Gasteiger charge is -2.37. The highest BCUT2D eigenvalue weighted by molar-refractivity contribution is 6.33. The van der Waals surface area contributed by atoms with Crippen LogP contribution in [-0.4, -0.2) is 65.7 Å². The van der Waals surface area contributed by atoms with Crippen molar-refractivity contribution in [2.75, 3.05) is 32.7 Å². The Morgan fingerprint density at radius 2 is 1.71 bits per heavy atom. The van der Waals surface area contributed by atoms with Gasteiger partial charge in [0.05, 0.1) is 10.6 Å². The zero-order valence-electron chi connectivity index (χ0n) is 18.0. The molecule has 0 atom stereocenters. The van der Waals surface area contributed by atoms with E-state index in [1.165, 1.54) is 12.8 Å². The number of carbonyl (C=O) groups excluding carboxylic acids is 2. The number of nitrogens with one attached hydrogen (secondary N) is 1. The Kier molecular flexibility index (Phi) is 5.67. The van der Waals surface area contributed by atoms with Crippen molar-refractivity contribution in [1.29, 1.82) is 0 Å². The molecule has 0 aromatic heterocycles. The summed E-state index contributed by atoms with van der Waals surface area (Å²) in [5, 5.41) is 3.64. The number of nitrogens with zero attached hydrogens (tertiary/aromatic N) is 3. The second-order valence-corrected chi connectivity index (χ2v) is 9.93. The molecule has 0 unspecified atom stereocenters. The first-order valence-electron chi connectivity index (χ1n) is 11.7. The highest BCUT2D eigenvalue weighted by Crippen LogP contribution is 2.43. The average molecular weight is 443 g/mol. The Morgan fingerprint density at radius 1 is 1.03 bits per heavy atom. The molecule has 0 spiro atoms. The van der Waals surface area contributed by atoms with Gasteiger partial charge in [-0.25, -0.2) is 0 Å². The second kappa shape index (κ2) is 8.45. The molecule has 1 aliphatic heterocycles. The lowest BCUT2D eigenvalue weighted by atomic mass is 10.1. The number of amides is 2. The normalized spacial score (nSPS) is 22.9. The Balaban J connectivity index is 1.21. The molecule has 4 fully saturated rings. The molecular formula is C24H31ClN4O2. The van der Waals surface area contributed by atoms with E-state index in [1.54, 1.807) is 12.1 Å². The molecule has 1 N–H and O–H groups in total. The number of aliphatic imine (C=N–C) groups is 1. The molecule has 4 aliphatic rings. The molecule has 166 valence electrons. The number of rotatable bonds is 7. The van der Waals surface area contributed by atoms with Crippen molar-refractivity contribution in [3.63, 3.8) is 0 Å². The van der Waals surface area contributed by atoms with Gasteiger partial charge >= 0.3 is 0 Å². The largest absolute Gasteiger partial charge is 0.357 e. The lowest BCUT2D eigenvalue weighted by molar-refractivity contribution is -0.123. The highest BCUT2D eigenvalue weighted by atomic mass is 35.5. The zero-order chi connectivity index (χ0) is 21.4. The molecule has 0 radical (unpaired) electrons. The lowest BCUT2D eigenvalue weighted by Crippen LogP contribution is -2.51. The number of carbonyl (C=O) groups is 2. The van der Waals surface area contributed by atoms with E-state index in [2.05, 4.69) is 10.2 Å². The fourth-order valence-corrected chi connectivity index (χ4v) is 4.61. The van der Waals surface area contributed by atoms with Crippen LogP contribution in [0.5, 0.6) is 0 Å². The van der Waals surface area contributed by atoms with Gasteiger partial charge in [0, 0.05) is 38.6 Å². The van der Waals surface area contributed by atoms with E-state index in [0.717, 1.165) is 63.5 Å². The van der Waals surface area contributed by atoms with Crippen molar-refractivity contribution in [3.8, 4) is 0 Å². The molecular weight excluding hydrogens is 412 g/mol. The van der Waals surface area contributed by atoms with E-state index in [-0.39, 0.29) is 11.8 Å². The third-order valence-corrected chi connectivity index (χ3v) is 7.28. The van der Waals surface area contributed by atoms with Gasteiger partial charge in [0.1, 0.15) is 11.4 Å². The van der Waals surface area contributed by atoms with Crippen LogP contribution in [0.15, 0.2) is 29.3 Å². The molecule has 3 aliphatic carbocycles. The number of amidine groups is 1. The summed E-state index contributed by atoms with van der Waals surface area (Å²) in [5.74, 6) is 2.50. The Morgan fingerprint density at radius 3 is 2.32 bits per heavy atom. The Hall–Kier alpha value is -2.08. The van der Waals surface area contributed by atoms with Crippen LogP contribution in [0, 0.1) is 11.8 Å². The van der Waals surface area contributed by atoms with Crippen molar-refractivity contribution in [2.45, 2.75) is 50.5 Å². The molecule has 1 aromatic carbocycles. The summed E-state index contributed by atoms with van der Waals surface area (Å²) >= 11 is 6.22. The van der Waals surface area contributed by atoms with Crippen LogP contribution in [0.1, 0.15) is 55.3 Å². The van der Waals surface area contributed by atoms with Gasteiger partial charge in [-0.1, -0.05) is 36.6 Å². The van der Waals surface area contributed by atoms with Crippen LogP contribution in [0.2, 0.25) is 5.02 Å². The van der Waals surface area contributed by atoms with Crippen LogP contribution in [0.3, 0.4) is 0 Å². The van der Waals surface area contributed by atoms with Crippen LogP contribution >= 0.6 is 11.6 Å². The van der Waals surface area contributed by atoms with E-state index in [9.17, 15) is 9.59 Å². The topological polar surface area (TPSA) is 65.0 Å². The van der Waals surface area contributed by atoms with E-state index >= 15 is 0 Å². The fourth-order valence-electron chi connectivity index (χ4n) is 4.39. The Labute approximate surface area is 189 Å². The summed E-state index contributed by atoms with van der Waals surface area (Å²) in [6, 6.07) is 7.23. The number of halogens is 1. The van der Waals surface area contributed by atoms with Crippen molar-refractivity contribution in [2.24, 2.45) is 16.8 Å². The first-order chi connectivity index (χ1) is 15.1. The minimum absolute atomic E-state index is 0.0103. The molecule has 1 aromatic rings. The van der Waals surface area contributed by atoms with Crippen LogP contribution in [-0.2, 0) is 4.79 Å². The zero-order valence-corrected chi connectivity index (χ0v) is 18.7.